The Balaban J connectivity index is 0.924. The predicted molar refractivity (Wildman–Crippen MR) is 224 cm³/mol. The van der Waals surface area contributed by atoms with E-state index in [4.69, 9.17) is 0 Å². The predicted octanol–water partition coefficient (Wildman–Crippen LogP) is 6.57. The van der Waals surface area contributed by atoms with E-state index in [0.29, 0.717) is 38.8 Å². The third kappa shape index (κ3) is 11.6. The average molecular weight is 783 g/mol. The van der Waals surface area contributed by atoms with Crippen molar-refractivity contribution in [1.29, 1.82) is 0 Å². The molecule has 2 fully saturated rings. The van der Waals surface area contributed by atoms with Crippen molar-refractivity contribution in [2.24, 2.45) is 11.8 Å². The molecule has 6 rings (SSSR count). The van der Waals surface area contributed by atoms with Crippen LogP contribution in [0.1, 0.15) is 96.1 Å². The number of carbonyl (C=O) groups excluding carboxylic acids is 6. The Morgan fingerprint density at radius 1 is 0.448 bits per heavy atom. The molecule has 0 saturated heterocycles. The van der Waals surface area contributed by atoms with Gasteiger partial charge in [-0.1, -0.05) is 122 Å². The number of rotatable bonds is 19. The summed E-state index contributed by atoms with van der Waals surface area (Å²) in [4.78, 5) is 78.1. The summed E-state index contributed by atoms with van der Waals surface area (Å²) in [6.45, 7) is 1.14. The van der Waals surface area contributed by atoms with Gasteiger partial charge in [0.25, 0.3) is 11.8 Å². The Morgan fingerprint density at radius 2 is 0.828 bits per heavy atom. The molecule has 2 unspecified atom stereocenters. The number of ketones is 2. The SMILES string of the molecule is O=C(NC1CCC[C@H]1C(=O)NCCCCc1ccccc1)C(=O)c1ccc(-c2ccc(C(=O)C(=O)NC3CCC[C@H]3C(=O)NCCCCc3ccccc3)cc2)cc1. The van der Waals surface area contributed by atoms with Gasteiger partial charge in [-0.05, 0) is 86.5 Å². The summed E-state index contributed by atoms with van der Waals surface area (Å²) >= 11 is 0. The van der Waals surface area contributed by atoms with E-state index in [1.807, 2.05) is 36.4 Å². The van der Waals surface area contributed by atoms with Crippen LogP contribution >= 0.6 is 0 Å². The fourth-order valence-corrected chi connectivity index (χ4v) is 8.13. The molecule has 58 heavy (non-hydrogen) atoms. The third-order valence-electron chi connectivity index (χ3n) is 11.4. The van der Waals surface area contributed by atoms with Crippen molar-refractivity contribution in [1.82, 2.24) is 21.3 Å². The maximum atomic E-state index is 13.1. The van der Waals surface area contributed by atoms with Crippen molar-refractivity contribution < 1.29 is 28.8 Å². The molecule has 0 aliphatic heterocycles. The van der Waals surface area contributed by atoms with Gasteiger partial charge < -0.3 is 21.3 Å². The second-order valence-electron chi connectivity index (χ2n) is 15.5. The number of Topliss-reactive ketones (excluding diaryl/α,β-unsaturated/α-hetero) is 2. The molecule has 2 aliphatic rings. The topological polar surface area (TPSA) is 151 Å². The van der Waals surface area contributed by atoms with Crippen LogP contribution in [0, 0.1) is 11.8 Å². The molecule has 0 bridgehead atoms. The molecule has 10 nitrogen and oxygen atoms in total. The number of hydrogen-bond donors (Lipinski definition) is 4. The van der Waals surface area contributed by atoms with E-state index in [1.165, 1.54) is 11.1 Å². The molecule has 4 amide bonds. The molecule has 0 aromatic heterocycles. The quantitative estimate of drug-likeness (QED) is 0.0481. The van der Waals surface area contributed by atoms with Crippen molar-refractivity contribution >= 4 is 35.2 Å². The molecule has 4 N–H and O–H groups in total. The van der Waals surface area contributed by atoms with Gasteiger partial charge >= 0.3 is 0 Å². The highest BCUT2D eigenvalue weighted by atomic mass is 16.2. The summed E-state index contributed by atoms with van der Waals surface area (Å²) in [6.07, 6.45) is 9.75. The molecule has 10 heteroatoms. The van der Waals surface area contributed by atoms with Crippen LogP contribution < -0.4 is 21.3 Å². The van der Waals surface area contributed by atoms with Gasteiger partial charge in [-0.25, -0.2) is 0 Å². The minimum Gasteiger partial charge on any atom is -0.356 e. The van der Waals surface area contributed by atoms with Crippen LogP contribution in [0.25, 0.3) is 11.1 Å². The molecular formula is C48H54N4O6. The van der Waals surface area contributed by atoms with Gasteiger partial charge in [-0.2, -0.15) is 0 Å². The van der Waals surface area contributed by atoms with Crippen molar-refractivity contribution in [3.8, 4) is 11.1 Å². The highest BCUT2D eigenvalue weighted by Crippen LogP contribution is 2.28. The van der Waals surface area contributed by atoms with Crippen molar-refractivity contribution in [2.45, 2.75) is 89.1 Å². The van der Waals surface area contributed by atoms with Gasteiger partial charge in [-0.3, -0.25) is 28.8 Å². The normalized spacial score (nSPS) is 18.6. The summed E-state index contributed by atoms with van der Waals surface area (Å²) in [5, 5.41) is 11.7. The lowest BCUT2D eigenvalue weighted by Crippen LogP contribution is -2.46. The lowest BCUT2D eigenvalue weighted by atomic mass is 9.99. The highest BCUT2D eigenvalue weighted by Gasteiger charge is 2.36. The van der Waals surface area contributed by atoms with E-state index in [1.54, 1.807) is 48.5 Å². The zero-order chi connectivity index (χ0) is 40.7. The number of aryl methyl sites for hydroxylation is 2. The summed E-state index contributed by atoms with van der Waals surface area (Å²) < 4.78 is 0. The van der Waals surface area contributed by atoms with E-state index in [-0.39, 0.29) is 34.8 Å². The van der Waals surface area contributed by atoms with E-state index in [0.717, 1.165) is 62.5 Å². The van der Waals surface area contributed by atoms with Crippen LogP contribution in [-0.4, -0.2) is 60.4 Å². The van der Waals surface area contributed by atoms with E-state index < -0.39 is 35.5 Å². The largest absolute Gasteiger partial charge is 0.356 e. The number of benzene rings is 4. The minimum absolute atomic E-state index is 0.0872. The standard InChI is InChI=1S/C48H54N4O6/c53-43(47(57)51-41-21-11-19-39(41)45(55)49-31-9-7-17-33-13-3-1-4-14-33)37-27-23-35(24-28-37)36-25-29-38(30-26-36)44(54)48(58)52-42-22-12-20-40(42)46(56)50-32-10-8-18-34-15-5-2-6-16-34/h1-6,13-16,23-30,39-42H,7-12,17-22,31-32H2,(H,49,55)(H,50,56)(H,51,57)(H,52,58)/t39-,40-,41?,42?/m1/s1. The van der Waals surface area contributed by atoms with Crippen LogP contribution in [0.4, 0.5) is 0 Å². The van der Waals surface area contributed by atoms with Gasteiger partial charge in [0.1, 0.15) is 0 Å². The molecule has 0 heterocycles. The Morgan fingerprint density at radius 3 is 1.21 bits per heavy atom. The molecular weight excluding hydrogens is 729 g/mol. The maximum Gasteiger partial charge on any atom is 0.292 e. The van der Waals surface area contributed by atoms with E-state index in [2.05, 4.69) is 45.5 Å². The Kier molecular flexibility index (Phi) is 15.1. The molecule has 0 radical (unpaired) electrons. The summed E-state index contributed by atoms with van der Waals surface area (Å²) in [7, 11) is 0. The Labute approximate surface area is 341 Å². The number of amides is 4. The Hall–Kier alpha value is -5.90. The van der Waals surface area contributed by atoms with Crippen LogP contribution in [0.3, 0.4) is 0 Å². The molecule has 2 saturated carbocycles. The van der Waals surface area contributed by atoms with Crippen LogP contribution in [0.2, 0.25) is 0 Å². The molecule has 0 spiro atoms. The van der Waals surface area contributed by atoms with Gasteiger partial charge in [0.2, 0.25) is 23.4 Å². The van der Waals surface area contributed by atoms with E-state index in [9.17, 15) is 28.8 Å². The molecule has 302 valence electrons. The number of hydrogen-bond acceptors (Lipinski definition) is 6. The van der Waals surface area contributed by atoms with Gasteiger partial charge in [-0.15, -0.1) is 0 Å². The van der Waals surface area contributed by atoms with Crippen LogP contribution in [0.15, 0.2) is 109 Å². The van der Waals surface area contributed by atoms with Crippen molar-refractivity contribution in [2.75, 3.05) is 13.1 Å². The van der Waals surface area contributed by atoms with Crippen molar-refractivity contribution in [3.63, 3.8) is 0 Å². The molecule has 4 atom stereocenters. The third-order valence-corrected chi connectivity index (χ3v) is 11.4. The fourth-order valence-electron chi connectivity index (χ4n) is 8.13. The van der Waals surface area contributed by atoms with Gasteiger partial charge in [0.15, 0.2) is 0 Å². The first-order valence-electron chi connectivity index (χ1n) is 20.8. The monoisotopic (exact) mass is 782 g/mol. The number of nitrogens with one attached hydrogen (secondary N) is 4. The zero-order valence-corrected chi connectivity index (χ0v) is 33.1. The first kappa shape index (κ1) is 41.7. The number of unbranched alkanes of at least 4 members (excludes halogenated alkanes) is 2. The first-order valence-corrected chi connectivity index (χ1v) is 20.8. The Bertz CT molecular complexity index is 1870. The summed E-state index contributed by atoms with van der Waals surface area (Å²) in [5.74, 6) is -3.73. The first-order chi connectivity index (χ1) is 28.3. The van der Waals surface area contributed by atoms with Crippen LogP contribution in [-0.2, 0) is 32.0 Å². The average Bonchev–Trinajstić information content (AvgIpc) is 3.93. The lowest BCUT2D eigenvalue weighted by Gasteiger charge is -2.20. The molecule has 4 aromatic carbocycles. The molecule has 2 aliphatic carbocycles. The zero-order valence-electron chi connectivity index (χ0n) is 33.1. The second kappa shape index (κ2) is 21.0. The highest BCUT2D eigenvalue weighted by molar-refractivity contribution is 6.43. The van der Waals surface area contributed by atoms with Gasteiger partial charge in [0.05, 0.1) is 11.8 Å². The van der Waals surface area contributed by atoms with Gasteiger partial charge in [0, 0.05) is 36.3 Å². The maximum absolute atomic E-state index is 13.1. The van der Waals surface area contributed by atoms with Crippen LogP contribution in [0.5, 0.6) is 0 Å². The van der Waals surface area contributed by atoms with Crippen molar-refractivity contribution in [3.05, 3.63) is 131 Å². The smallest absolute Gasteiger partial charge is 0.292 e. The lowest BCUT2D eigenvalue weighted by molar-refractivity contribution is -0.127. The summed E-state index contributed by atoms with van der Waals surface area (Å²) in [5.41, 5.74) is 4.52. The molecule has 4 aromatic rings. The fraction of sp³-hybridized carbons (Fsp3) is 0.375. The van der Waals surface area contributed by atoms with E-state index >= 15 is 0 Å². The second-order valence-corrected chi connectivity index (χ2v) is 15.5. The minimum atomic E-state index is -0.736. The summed E-state index contributed by atoms with van der Waals surface area (Å²) in [6, 6.07) is 32.9. The number of carbonyl (C=O) groups is 6.